The first-order chi connectivity index (χ1) is 9.52. The number of benzene rings is 1. The number of hydrogen-bond acceptors (Lipinski definition) is 2. The molecule has 2 atom stereocenters. The first kappa shape index (κ1) is 14.6. The summed E-state index contributed by atoms with van der Waals surface area (Å²) < 4.78 is 0. The van der Waals surface area contributed by atoms with Crippen LogP contribution in [0, 0.1) is 18.8 Å². The van der Waals surface area contributed by atoms with E-state index in [4.69, 9.17) is 5.11 Å². The van der Waals surface area contributed by atoms with E-state index in [9.17, 15) is 9.59 Å². The molecule has 0 bridgehead atoms. The molecule has 108 valence electrons. The van der Waals surface area contributed by atoms with Gasteiger partial charge in [0.15, 0.2) is 0 Å². The highest BCUT2D eigenvalue weighted by molar-refractivity contribution is 5.89. The Morgan fingerprint density at radius 1 is 1.25 bits per heavy atom. The summed E-state index contributed by atoms with van der Waals surface area (Å²) >= 11 is 0. The summed E-state index contributed by atoms with van der Waals surface area (Å²) in [5.41, 5.74) is 2.28. The van der Waals surface area contributed by atoms with E-state index in [1.807, 2.05) is 38.1 Å². The Kier molecular flexibility index (Phi) is 4.42. The lowest BCUT2D eigenvalue weighted by atomic mass is 10.1. The summed E-state index contributed by atoms with van der Waals surface area (Å²) in [5, 5.41) is 8.93. The molecule has 0 unspecified atom stereocenters. The van der Waals surface area contributed by atoms with Crippen molar-refractivity contribution < 1.29 is 14.7 Å². The standard InChI is InChI=1S/C16H21NO3/c1-3-8-17(10-12-6-4-11(2)5-7-12)15(18)13-9-14(13)16(19)20/h4-7,13-14H,3,8-10H2,1-2H3,(H,19,20)/t13-,14+/m1/s1. The molecule has 1 aliphatic rings. The smallest absolute Gasteiger partial charge is 0.307 e. The minimum absolute atomic E-state index is 0.0141. The molecule has 1 aromatic rings. The molecule has 0 spiro atoms. The molecule has 20 heavy (non-hydrogen) atoms. The molecule has 0 aliphatic heterocycles. The van der Waals surface area contributed by atoms with Gasteiger partial charge in [0.05, 0.1) is 11.8 Å². The normalized spacial score (nSPS) is 20.5. The van der Waals surface area contributed by atoms with Crippen LogP contribution in [0.25, 0.3) is 0 Å². The summed E-state index contributed by atoms with van der Waals surface area (Å²) in [7, 11) is 0. The van der Waals surface area contributed by atoms with Crippen LogP contribution in [-0.2, 0) is 16.1 Å². The molecule has 4 nitrogen and oxygen atoms in total. The Bertz CT molecular complexity index is 495. The van der Waals surface area contributed by atoms with Crippen LogP contribution >= 0.6 is 0 Å². The minimum Gasteiger partial charge on any atom is -0.481 e. The van der Waals surface area contributed by atoms with E-state index in [-0.39, 0.29) is 11.8 Å². The van der Waals surface area contributed by atoms with Gasteiger partial charge in [-0.05, 0) is 25.3 Å². The topological polar surface area (TPSA) is 57.6 Å². The van der Waals surface area contributed by atoms with Crippen LogP contribution in [0.1, 0.15) is 30.9 Å². The number of aryl methyl sites for hydroxylation is 1. The highest BCUT2D eigenvalue weighted by Crippen LogP contribution is 2.40. The van der Waals surface area contributed by atoms with Gasteiger partial charge in [0, 0.05) is 13.1 Å². The maximum absolute atomic E-state index is 12.3. The molecule has 0 heterocycles. The third-order valence-corrected chi connectivity index (χ3v) is 3.72. The van der Waals surface area contributed by atoms with Gasteiger partial charge in [-0.1, -0.05) is 36.8 Å². The van der Waals surface area contributed by atoms with Crippen LogP contribution in [0.15, 0.2) is 24.3 Å². The number of amides is 1. The number of carbonyl (C=O) groups is 2. The third kappa shape index (κ3) is 3.38. The fourth-order valence-electron chi connectivity index (χ4n) is 2.43. The van der Waals surface area contributed by atoms with Crippen molar-refractivity contribution in [1.82, 2.24) is 4.90 Å². The van der Waals surface area contributed by atoms with Crippen molar-refractivity contribution in [3.05, 3.63) is 35.4 Å². The zero-order valence-corrected chi connectivity index (χ0v) is 12.0. The van der Waals surface area contributed by atoms with Crippen molar-refractivity contribution in [2.45, 2.75) is 33.2 Å². The Morgan fingerprint density at radius 2 is 1.90 bits per heavy atom. The number of nitrogens with zero attached hydrogens (tertiary/aromatic N) is 1. The molecule has 2 rings (SSSR count). The van der Waals surface area contributed by atoms with Crippen LogP contribution in [0.3, 0.4) is 0 Å². The van der Waals surface area contributed by atoms with Crippen LogP contribution in [0.4, 0.5) is 0 Å². The maximum Gasteiger partial charge on any atom is 0.307 e. The van der Waals surface area contributed by atoms with E-state index in [1.165, 1.54) is 5.56 Å². The lowest BCUT2D eigenvalue weighted by Gasteiger charge is -2.22. The van der Waals surface area contributed by atoms with Gasteiger partial charge >= 0.3 is 5.97 Å². The summed E-state index contributed by atoms with van der Waals surface area (Å²) in [6.45, 7) is 5.29. The van der Waals surface area contributed by atoms with Crippen LogP contribution in [0.5, 0.6) is 0 Å². The molecule has 0 saturated heterocycles. The summed E-state index contributed by atoms with van der Waals surface area (Å²) in [4.78, 5) is 25.0. The maximum atomic E-state index is 12.3. The number of hydrogen-bond donors (Lipinski definition) is 1. The fourth-order valence-corrected chi connectivity index (χ4v) is 2.43. The second-order valence-electron chi connectivity index (χ2n) is 5.53. The summed E-state index contributed by atoms with van der Waals surface area (Å²) in [6.07, 6.45) is 1.37. The predicted molar refractivity (Wildman–Crippen MR) is 76.1 cm³/mol. The average Bonchev–Trinajstić information content (AvgIpc) is 3.20. The average molecular weight is 275 g/mol. The molecular formula is C16H21NO3. The Hall–Kier alpha value is -1.84. The lowest BCUT2D eigenvalue weighted by Crippen LogP contribution is -2.33. The minimum atomic E-state index is -0.852. The first-order valence-electron chi connectivity index (χ1n) is 7.10. The van der Waals surface area contributed by atoms with E-state index in [2.05, 4.69) is 0 Å². The Balaban J connectivity index is 2.02. The van der Waals surface area contributed by atoms with E-state index in [0.717, 1.165) is 12.0 Å². The SMILES string of the molecule is CCCN(Cc1ccc(C)cc1)C(=O)[C@@H]1C[C@@H]1C(=O)O. The number of rotatable bonds is 6. The molecule has 0 aromatic heterocycles. The molecular weight excluding hydrogens is 254 g/mol. The quantitative estimate of drug-likeness (QED) is 0.867. The zero-order chi connectivity index (χ0) is 14.7. The number of aliphatic carboxylic acids is 1. The highest BCUT2D eigenvalue weighted by Gasteiger charge is 2.49. The van der Waals surface area contributed by atoms with E-state index < -0.39 is 11.9 Å². The highest BCUT2D eigenvalue weighted by atomic mass is 16.4. The van der Waals surface area contributed by atoms with Gasteiger partial charge in [-0.2, -0.15) is 0 Å². The van der Waals surface area contributed by atoms with E-state index >= 15 is 0 Å². The third-order valence-electron chi connectivity index (χ3n) is 3.72. The molecule has 1 N–H and O–H groups in total. The molecule has 1 fully saturated rings. The second kappa shape index (κ2) is 6.07. The summed E-state index contributed by atoms with van der Waals surface area (Å²) in [5.74, 6) is -1.65. The van der Waals surface area contributed by atoms with Crippen LogP contribution in [0.2, 0.25) is 0 Å². The van der Waals surface area contributed by atoms with Crippen molar-refractivity contribution in [3.8, 4) is 0 Å². The van der Waals surface area contributed by atoms with E-state index in [1.54, 1.807) is 4.90 Å². The van der Waals surface area contributed by atoms with Crippen molar-refractivity contribution in [3.63, 3.8) is 0 Å². The molecule has 1 amide bonds. The zero-order valence-electron chi connectivity index (χ0n) is 12.0. The molecule has 4 heteroatoms. The van der Waals surface area contributed by atoms with Crippen LogP contribution in [-0.4, -0.2) is 28.4 Å². The molecule has 0 radical (unpaired) electrons. The largest absolute Gasteiger partial charge is 0.481 e. The van der Waals surface area contributed by atoms with Crippen LogP contribution < -0.4 is 0 Å². The van der Waals surface area contributed by atoms with Crippen molar-refractivity contribution in [2.24, 2.45) is 11.8 Å². The second-order valence-corrected chi connectivity index (χ2v) is 5.53. The predicted octanol–water partition coefficient (Wildman–Crippen LogP) is 2.45. The van der Waals surface area contributed by atoms with Gasteiger partial charge in [0.2, 0.25) is 5.91 Å². The number of carboxylic acid groups (broad SMARTS) is 1. The number of carboxylic acids is 1. The lowest BCUT2D eigenvalue weighted by molar-refractivity contribution is -0.142. The van der Waals surface area contributed by atoms with Gasteiger partial charge in [-0.25, -0.2) is 0 Å². The monoisotopic (exact) mass is 275 g/mol. The number of carbonyl (C=O) groups excluding carboxylic acids is 1. The van der Waals surface area contributed by atoms with Crippen molar-refractivity contribution in [1.29, 1.82) is 0 Å². The van der Waals surface area contributed by atoms with Crippen molar-refractivity contribution in [2.75, 3.05) is 6.54 Å². The molecule has 1 aliphatic carbocycles. The van der Waals surface area contributed by atoms with Gasteiger partial charge in [-0.15, -0.1) is 0 Å². The van der Waals surface area contributed by atoms with Crippen molar-refractivity contribution >= 4 is 11.9 Å². The molecule has 1 saturated carbocycles. The van der Waals surface area contributed by atoms with Gasteiger partial charge < -0.3 is 10.0 Å². The Labute approximate surface area is 119 Å². The fraction of sp³-hybridized carbons (Fsp3) is 0.500. The van der Waals surface area contributed by atoms with Gasteiger partial charge in [-0.3, -0.25) is 9.59 Å². The van der Waals surface area contributed by atoms with Gasteiger partial charge in [0.25, 0.3) is 0 Å². The molecule has 1 aromatic carbocycles. The van der Waals surface area contributed by atoms with Gasteiger partial charge in [0.1, 0.15) is 0 Å². The van der Waals surface area contributed by atoms with E-state index in [0.29, 0.717) is 19.5 Å². The first-order valence-corrected chi connectivity index (χ1v) is 7.10. The summed E-state index contributed by atoms with van der Waals surface area (Å²) in [6, 6.07) is 8.10. The Morgan fingerprint density at radius 3 is 2.40 bits per heavy atom.